The van der Waals surface area contributed by atoms with Gasteiger partial charge in [-0.3, -0.25) is 9.00 Å². The van der Waals surface area contributed by atoms with E-state index in [1.165, 1.54) is 0 Å². The van der Waals surface area contributed by atoms with Gasteiger partial charge in [0, 0.05) is 42.4 Å². The molecule has 0 amide bonds. The van der Waals surface area contributed by atoms with Crippen molar-refractivity contribution < 1.29 is 14.1 Å². The molecule has 1 aromatic rings. The standard InChI is InChI=1S/C11H18N2O3S/c1-8(2)10(11(14)15)17(16)7-4-9-12-5-6-13(9)3/h5-6,8,10H,4,7H2,1-3H3,(H,14,15). The van der Waals surface area contributed by atoms with Crippen molar-refractivity contribution in [3.05, 3.63) is 18.2 Å². The van der Waals surface area contributed by atoms with Gasteiger partial charge in [-0.1, -0.05) is 13.8 Å². The van der Waals surface area contributed by atoms with Crippen molar-refractivity contribution in [3.8, 4) is 0 Å². The van der Waals surface area contributed by atoms with E-state index in [1.54, 1.807) is 20.0 Å². The normalized spacial score (nSPS) is 14.8. The van der Waals surface area contributed by atoms with Crippen molar-refractivity contribution in [2.75, 3.05) is 5.75 Å². The van der Waals surface area contributed by atoms with Gasteiger partial charge in [0.25, 0.3) is 0 Å². The van der Waals surface area contributed by atoms with Crippen LogP contribution in [0.5, 0.6) is 0 Å². The van der Waals surface area contributed by atoms with Crippen LogP contribution in [0.3, 0.4) is 0 Å². The molecule has 0 spiro atoms. The number of carboxylic acid groups (broad SMARTS) is 1. The average molecular weight is 258 g/mol. The van der Waals surface area contributed by atoms with Gasteiger partial charge in [-0.2, -0.15) is 0 Å². The third-order valence-corrected chi connectivity index (χ3v) is 4.50. The molecule has 0 fully saturated rings. The van der Waals surface area contributed by atoms with E-state index in [4.69, 9.17) is 5.11 Å². The number of aliphatic carboxylic acids is 1. The first-order chi connectivity index (χ1) is 7.93. The monoisotopic (exact) mass is 258 g/mol. The molecular formula is C11H18N2O3S. The number of aryl methyl sites for hydroxylation is 2. The average Bonchev–Trinajstić information content (AvgIpc) is 2.59. The molecule has 0 saturated heterocycles. The number of nitrogens with zero attached hydrogens (tertiary/aromatic N) is 2. The SMILES string of the molecule is CC(C)C(C(=O)O)S(=O)CCc1nccn1C. The third kappa shape index (κ3) is 3.66. The maximum absolute atomic E-state index is 11.9. The lowest BCUT2D eigenvalue weighted by molar-refractivity contribution is -0.137. The highest BCUT2D eigenvalue weighted by Gasteiger charge is 2.27. The summed E-state index contributed by atoms with van der Waals surface area (Å²) >= 11 is 0. The number of carboxylic acids is 1. The number of imidazole rings is 1. The topological polar surface area (TPSA) is 72.2 Å². The summed E-state index contributed by atoms with van der Waals surface area (Å²) in [6, 6.07) is 0. The summed E-state index contributed by atoms with van der Waals surface area (Å²) in [7, 11) is 0.500. The van der Waals surface area contributed by atoms with Crippen molar-refractivity contribution in [2.45, 2.75) is 25.5 Å². The van der Waals surface area contributed by atoms with Gasteiger partial charge in [0.15, 0.2) is 0 Å². The van der Waals surface area contributed by atoms with Crippen molar-refractivity contribution in [1.29, 1.82) is 0 Å². The molecule has 0 aliphatic heterocycles. The second kappa shape index (κ2) is 5.95. The lowest BCUT2D eigenvalue weighted by Gasteiger charge is -2.15. The molecule has 6 heteroatoms. The first-order valence-electron chi connectivity index (χ1n) is 5.49. The first-order valence-corrected chi connectivity index (χ1v) is 6.88. The van der Waals surface area contributed by atoms with Crippen LogP contribution < -0.4 is 0 Å². The van der Waals surface area contributed by atoms with Gasteiger partial charge in [0.2, 0.25) is 0 Å². The zero-order valence-electron chi connectivity index (χ0n) is 10.3. The van der Waals surface area contributed by atoms with E-state index in [1.807, 2.05) is 17.8 Å². The Morgan fingerprint density at radius 2 is 2.24 bits per heavy atom. The first kappa shape index (κ1) is 13.9. The molecule has 0 aliphatic carbocycles. The number of carbonyl (C=O) groups is 1. The fourth-order valence-electron chi connectivity index (χ4n) is 1.66. The van der Waals surface area contributed by atoms with Gasteiger partial charge in [0.05, 0.1) is 0 Å². The van der Waals surface area contributed by atoms with Crippen molar-refractivity contribution in [3.63, 3.8) is 0 Å². The smallest absolute Gasteiger partial charge is 0.319 e. The van der Waals surface area contributed by atoms with Gasteiger partial charge in [-0.15, -0.1) is 0 Å². The van der Waals surface area contributed by atoms with Gasteiger partial charge in [-0.25, -0.2) is 4.98 Å². The molecule has 5 nitrogen and oxygen atoms in total. The Labute approximate surface area is 103 Å². The van der Waals surface area contributed by atoms with E-state index in [-0.39, 0.29) is 5.92 Å². The Morgan fingerprint density at radius 3 is 2.65 bits per heavy atom. The minimum Gasteiger partial charge on any atom is -0.480 e. The van der Waals surface area contributed by atoms with Crippen LogP contribution in [0.4, 0.5) is 0 Å². The van der Waals surface area contributed by atoms with E-state index < -0.39 is 22.0 Å². The zero-order valence-corrected chi connectivity index (χ0v) is 11.1. The fraction of sp³-hybridized carbons (Fsp3) is 0.636. The lowest BCUT2D eigenvalue weighted by atomic mass is 10.1. The Balaban J connectivity index is 2.60. The van der Waals surface area contributed by atoms with Crippen LogP contribution in [0.15, 0.2) is 12.4 Å². The molecular weight excluding hydrogens is 240 g/mol. The molecule has 0 saturated carbocycles. The molecule has 17 heavy (non-hydrogen) atoms. The molecule has 2 atom stereocenters. The van der Waals surface area contributed by atoms with Crippen LogP contribution in [-0.4, -0.2) is 35.8 Å². The van der Waals surface area contributed by atoms with E-state index >= 15 is 0 Å². The van der Waals surface area contributed by atoms with E-state index in [9.17, 15) is 9.00 Å². The molecule has 0 radical (unpaired) electrons. The summed E-state index contributed by atoms with van der Waals surface area (Å²) in [5, 5.41) is 8.22. The summed E-state index contributed by atoms with van der Waals surface area (Å²) in [5.74, 6) is 0.0409. The van der Waals surface area contributed by atoms with Crippen LogP contribution >= 0.6 is 0 Å². The molecule has 1 aromatic heterocycles. The summed E-state index contributed by atoms with van der Waals surface area (Å²) in [5.41, 5.74) is 0. The number of aromatic nitrogens is 2. The van der Waals surface area contributed by atoms with E-state index in [2.05, 4.69) is 4.98 Å². The van der Waals surface area contributed by atoms with Crippen molar-refractivity contribution >= 4 is 16.8 Å². The maximum Gasteiger partial charge on any atom is 0.319 e. The Morgan fingerprint density at radius 1 is 1.59 bits per heavy atom. The molecule has 0 aromatic carbocycles. The van der Waals surface area contributed by atoms with Gasteiger partial charge < -0.3 is 9.67 Å². The van der Waals surface area contributed by atoms with Crippen molar-refractivity contribution in [2.24, 2.45) is 13.0 Å². The third-order valence-electron chi connectivity index (χ3n) is 2.58. The predicted molar refractivity (Wildman–Crippen MR) is 66.2 cm³/mol. The molecule has 1 N–H and O–H groups in total. The fourth-order valence-corrected chi connectivity index (χ4v) is 3.13. The maximum atomic E-state index is 11.9. The quantitative estimate of drug-likeness (QED) is 0.820. The molecule has 96 valence electrons. The largest absolute Gasteiger partial charge is 0.480 e. The van der Waals surface area contributed by atoms with E-state index in [0.717, 1.165) is 5.82 Å². The minimum absolute atomic E-state index is 0.130. The molecule has 0 aliphatic rings. The van der Waals surface area contributed by atoms with Crippen LogP contribution in [-0.2, 0) is 29.1 Å². The lowest BCUT2D eigenvalue weighted by Crippen LogP contribution is -2.32. The van der Waals surface area contributed by atoms with E-state index in [0.29, 0.717) is 12.2 Å². The Bertz CT molecular complexity index is 415. The number of hydrogen-bond donors (Lipinski definition) is 1. The summed E-state index contributed by atoms with van der Waals surface area (Å²) in [6.45, 7) is 3.55. The zero-order chi connectivity index (χ0) is 13.0. The predicted octanol–water partition coefficient (Wildman–Crippen LogP) is 0.820. The summed E-state index contributed by atoms with van der Waals surface area (Å²) in [6.07, 6.45) is 4.03. The second-order valence-electron chi connectivity index (χ2n) is 4.29. The number of hydrogen-bond acceptors (Lipinski definition) is 3. The molecule has 0 bridgehead atoms. The summed E-state index contributed by atoms with van der Waals surface area (Å²) in [4.78, 5) is 15.1. The number of rotatable bonds is 6. The Hall–Kier alpha value is -1.17. The second-order valence-corrected chi connectivity index (χ2v) is 5.97. The molecule has 2 unspecified atom stereocenters. The highest BCUT2D eigenvalue weighted by Crippen LogP contribution is 2.11. The highest BCUT2D eigenvalue weighted by atomic mass is 32.2. The van der Waals surface area contributed by atoms with Gasteiger partial charge in [0.1, 0.15) is 11.1 Å². The van der Waals surface area contributed by atoms with Gasteiger partial charge in [-0.05, 0) is 5.92 Å². The molecule has 1 rings (SSSR count). The van der Waals surface area contributed by atoms with Gasteiger partial charge >= 0.3 is 5.97 Å². The van der Waals surface area contributed by atoms with Crippen LogP contribution in [0.25, 0.3) is 0 Å². The van der Waals surface area contributed by atoms with Crippen LogP contribution in [0.2, 0.25) is 0 Å². The minimum atomic E-state index is -1.36. The van der Waals surface area contributed by atoms with Crippen molar-refractivity contribution in [1.82, 2.24) is 9.55 Å². The van der Waals surface area contributed by atoms with Crippen LogP contribution in [0.1, 0.15) is 19.7 Å². The Kier molecular flexibility index (Phi) is 4.86. The highest BCUT2D eigenvalue weighted by molar-refractivity contribution is 7.86. The van der Waals surface area contributed by atoms with Crippen LogP contribution in [0, 0.1) is 5.92 Å². The molecule has 1 heterocycles. The summed E-state index contributed by atoms with van der Waals surface area (Å²) < 4.78 is 13.8.